The molecule has 3 fully saturated rings. The second-order valence-corrected chi connectivity index (χ2v) is 6.65. The fourth-order valence-corrected chi connectivity index (χ4v) is 4.68. The zero-order valence-electron chi connectivity index (χ0n) is 11.9. The standard InChI is InChI=1S/C18H17NO2/c1-12-8-17-10-13(2)11-18(17,9-12)16(21)19(15(17)20)14-6-4-3-5-7-14/h3-7H,1-2,8-11H2. The van der Waals surface area contributed by atoms with E-state index >= 15 is 0 Å². The second-order valence-electron chi connectivity index (χ2n) is 6.65. The van der Waals surface area contributed by atoms with E-state index in [1.54, 1.807) is 0 Å². The van der Waals surface area contributed by atoms with Crippen LogP contribution in [0.25, 0.3) is 0 Å². The summed E-state index contributed by atoms with van der Waals surface area (Å²) in [4.78, 5) is 27.6. The van der Waals surface area contributed by atoms with Gasteiger partial charge in [-0.25, -0.2) is 4.90 Å². The van der Waals surface area contributed by atoms with Gasteiger partial charge in [0.15, 0.2) is 0 Å². The zero-order valence-corrected chi connectivity index (χ0v) is 11.9. The number of benzene rings is 1. The molecule has 2 amide bonds. The number of anilines is 1. The van der Waals surface area contributed by atoms with E-state index in [1.807, 2.05) is 30.3 Å². The molecule has 0 N–H and O–H groups in total. The third-order valence-corrected chi connectivity index (χ3v) is 5.36. The smallest absolute Gasteiger partial charge is 0.241 e. The first-order valence-corrected chi connectivity index (χ1v) is 7.28. The lowest BCUT2D eigenvalue weighted by Crippen LogP contribution is -2.35. The van der Waals surface area contributed by atoms with Crippen molar-refractivity contribution in [2.24, 2.45) is 10.8 Å². The van der Waals surface area contributed by atoms with Crippen molar-refractivity contribution in [3.63, 3.8) is 0 Å². The van der Waals surface area contributed by atoms with E-state index in [0.717, 1.165) is 11.1 Å². The van der Waals surface area contributed by atoms with Crippen LogP contribution in [0, 0.1) is 10.8 Å². The van der Waals surface area contributed by atoms with E-state index < -0.39 is 10.8 Å². The van der Waals surface area contributed by atoms with Crippen LogP contribution in [0.1, 0.15) is 25.7 Å². The monoisotopic (exact) mass is 279 g/mol. The van der Waals surface area contributed by atoms with Gasteiger partial charge >= 0.3 is 0 Å². The van der Waals surface area contributed by atoms with Crippen LogP contribution in [-0.2, 0) is 9.59 Å². The lowest BCUT2D eigenvalue weighted by atomic mass is 9.70. The number of rotatable bonds is 1. The predicted octanol–water partition coefficient (Wildman–Crippen LogP) is 3.23. The molecule has 3 aliphatic rings. The lowest BCUT2D eigenvalue weighted by molar-refractivity contribution is -0.129. The number of hydrogen-bond donors (Lipinski definition) is 0. The van der Waals surface area contributed by atoms with E-state index in [0.29, 0.717) is 31.4 Å². The van der Waals surface area contributed by atoms with Gasteiger partial charge < -0.3 is 0 Å². The van der Waals surface area contributed by atoms with E-state index in [2.05, 4.69) is 13.2 Å². The molecule has 0 atom stereocenters. The quantitative estimate of drug-likeness (QED) is 0.584. The van der Waals surface area contributed by atoms with Gasteiger partial charge in [0.25, 0.3) is 0 Å². The average Bonchev–Trinajstić information content (AvgIpc) is 2.93. The highest BCUT2D eigenvalue weighted by Crippen LogP contribution is 2.70. The first kappa shape index (κ1) is 12.6. The summed E-state index contributed by atoms with van der Waals surface area (Å²) in [5.74, 6) is -0.119. The number of carbonyl (C=O) groups excluding carboxylic acids is 2. The fourth-order valence-electron chi connectivity index (χ4n) is 4.68. The molecule has 1 saturated heterocycles. The van der Waals surface area contributed by atoms with E-state index in [4.69, 9.17) is 0 Å². The topological polar surface area (TPSA) is 37.4 Å². The molecule has 4 rings (SSSR count). The van der Waals surface area contributed by atoms with Crippen LogP contribution in [0.15, 0.2) is 54.6 Å². The number of amides is 2. The number of para-hydroxylation sites is 1. The molecule has 2 aliphatic carbocycles. The summed E-state index contributed by atoms with van der Waals surface area (Å²) in [6, 6.07) is 9.24. The summed E-state index contributed by atoms with van der Waals surface area (Å²) in [7, 11) is 0. The number of nitrogens with zero attached hydrogens (tertiary/aromatic N) is 1. The third-order valence-electron chi connectivity index (χ3n) is 5.36. The SMILES string of the molecule is C=C1CC23CC(=C)CC2(C1)C(=O)N(c1ccccc1)C3=O. The number of hydrogen-bond acceptors (Lipinski definition) is 2. The average molecular weight is 279 g/mol. The zero-order chi connectivity index (χ0) is 14.8. The molecule has 0 unspecified atom stereocenters. The van der Waals surface area contributed by atoms with Crippen LogP contribution < -0.4 is 4.90 Å². The van der Waals surface area contributed by atoms with Crippen molar-refractivity contribution in [1.82, 2.24) is 0 Å². The molecule has 21 heavy (non-hydrogen) atoms. The molecule has 0 aromatic heterocycles. The van der Waals surface area contributed by atoms with Gasteiger partial charge in [0.1, 0.15) is 0 Å². The molecule has 0 spiro atoms. The minimum absolute atomic E-state index is 0.0593. The Bertz CT molecular complexity index is 643. The number of imide groups is 1. The second kappa shape index (κ2) is 3.73. The Morgan fingerprint density at radius 3 is 1.67 bits per heavy atom. The summed E-state index contributed by atoms with van der Waals surface area (Å²) >= 11 is 0. The highest BCUT2D eigenvalue weighted by Gasteiger charge is 2.74. The molecular weight excluding hydrogens is 262 g/mol. The van der Waals surface area contributed by atoms with Gasteiger partial charge in [0.2, 0.25) is 11.8 Å². The first-order chi connectivity index (χ1) is 10.0. The molecule has 0 radical (unpaired) electrons. The lowest BCUT2D eigenvalue weighted by Gasteiger charge is -2.26. The first-order valence-electron chi connectivity index (χ1n) is 7.28. The normalized spacial score (nSPS) is 34.6. The van der Waals surface area contributed by atoms with E-state index in [1.165, 1.54) is 4.90 Å². The molecule has 1 heterocycles. The van der Waals surface area contributed by atoms with Crippen LogP contribution in [0.3, 0.4) is 0 Å². The summed E-state index contributed by atoms with van der Waals surface area (Å²) in [6.45, 7) is 8.10. The largest absolute Gasteiger partial charge is 0.273 e. The van der Waals surface area contributed by atoms with Crippen molar-refractivity contribution >= 4 is 17.5 Å². The Morgan fingerprint density at radius 2 is 1.24 bits per heavy atom. The molecular formula is C18H17NO2. The van der Waals surface area contributed by atoms with Crippen LogP contribution in [0.4, 0.5) is 5.69 Å². The van der Waals surface area contributed by atoms with Crippen molar-refractivity contribution in [3.05, 3.63) is 54.6 Å². The van der Waals surface area contributed by atoms with E-state index in [9.17, 15) is 9.59 Å². The molecule has 3 heteroatoms. The van der Waals surface area contributed by atoms with Gasteiger partial charge in [-0.05, 0) is 37.8 Å². The molecule has 3 nitrogen and oxygen atoms in total. The third kappa shape index (κ3) is 1.29. The van der Waals surface area contributed by atoms with Gasteiger partial charge in [-0.15, -0.1) is 0 Å². The van der Waals surface area contributed by atoms with Crippen LogP contribution in [-0.4, -0.2) is 11.8 Å². The Hall–Kier alpha value is -2.16. The Morgan fingerprint density at radius 1 is 0.810 bits per heavy atom. The van der Waals surface area contributed by atoms with Gasteiger partial charge in [-0.2, -0.15) is 0 Å². The molecule has 0 bridgehead atoms. The van der Waals surface area contributed by atoms with Crippen LogP contribution >= 0.6 is 0 Å². The van der Waals surface area contributed by atoms with Crippen LogP contribution in [0.2, 0.25) is 0 Å². The predicted molar refractivity (Wildman–Crippen MR) is 80.5 cm³/mol. The summed E-state index contributed by atoms with van der Waals surface area (Å²) in [6.07, 6.45) is 2.50. The summed E-state index contributed by atoms with van der Waals surface area (Å²) in [5, 5.41) is 0. The minimum atomic E-state index is -0.617. The van der Waals surface area contributed by atoms with Crippen molar-refractivity contribution in [2.75, 3.05) is 4.90 Å². The van der Waals surface area contributed by atoms with Gasteiger partial charge in [0, 0.05) is 0 Å². The maximum Gasteiger partial charge on any atom is 0.241 e. The van der Waals surface area contributed by atoms with Crippen LogP contribution in [0.5, 0.6) is 0 Å². The fraction of sp³-hybridized carbons (Fsp3) is 0.333. The highest BCUT2D eigenvalue weighted by atomic mass is 16.2. The number of carbonyl (C=O) groups is 2. The Balaban J connectivity index is 1.89. The Kier molecular flexibility index (Phi) is 2.23. The Labute approximate surface area is 123 Å². The molecule has 1 aromatic rings. The van der Waals surface area contributed by atoms with Crippen molar-refractivity contribution < 1.29 is 9.59 Å². The maximum atomic E-state index is 13.1. The number of allylic oxidation sites excluding steroid dienone is 2. The van der Waals surface area contributed by atoms with Crippen molar-refractivity contribution in [3.8, 4) is 0 Å². The minimum Gasteiger partial charge on any atom is -0.273 e. The van der Waals surface area contributed by atoms with E-state index in [-0.39, 0.29) is 11.8 Å². The molecule has 1 aromatic carbocycles. The van der Waals surface area contributed by atoms with Gasteiger partial charge in [-0.1, -0.05) is 42.5 Å². The van der Waals surface area contributed by atoms with Crippen molar-refractivity contribution in [1.29, 1.82) is 0 Å². The summed E-state index contributed by atoms with van der Waals surface area (Å²) in [5.41, 5.74) is 1.50. The molecule has 2 saturated carbocycles. The van der Waals surface area contributed by atoms with Gasteiger partial charge in [-0.3, -0.25) is 9.59 Å². The van der Waals surface area contributed by atoms with Gasteiger partial charge in [0.05, 0.1) is 16.5 Å². The highest BCUT2D eigenvalue weighted by molar-refractivity contribution is 6.26. The van der Waals surface area contributed by atoms with Crippen molar-refractivity contribution in [2.45, 2.75) is 25.7 Å². The maximum absolute atomic E-state index is 13.1. The molecule has 106 valence electrons. The summed E-state index contributed by atoms with van der Waals surface area (Å²) < 4.78 is 0. The molecule has 1 aliphatic heterocycles.